The summed E-state index contributed by atoms with van der Waals surface area (Å²) in [6.07, 6.45) is 2.62. The van der Waals surface area contributed by atoms with Crippen molar-refractivity contribution in [2.45, 2.75) is 18.5 Å². The topological polar surface area (TPSA) is 28.2 Å². The van der Waals surface area contributed by atoms with Gasteiger partial charge in [-0.3, -0.25) is 0 Å². The molecule has 74 valence electrons. The van der Waals surface area contributed by atoms with E-state index >= 15 is 0 Å². The van der Waals surface area contributed by atoms with Gasteiger partial charge in [0, 0.05) is 31.4 Å². The SMILES string of the molecule is Fc1ncccc1N1C[C@@H]2C[C@H]1CN2. The Morgan fingerprint density at radius 2 is 2.50 bits per heavy atom. The Balaban J connectivity index is 1.93. The highest BCUT2D eigenvalue weighted by atomic mass is 19.1. The van der Waals surface area contributed by atoms with Crippen molar-refractivity contribution < 1.29 is 4.39 Å². The van der Waals surface area contributed by atoms with Crippen LogP contribution in [0.3, 0.4) is 0 Å². The lowest BCUT2D eigenvalue weighted by Gasteiger charge is -2.29. The summed E-state index contributed by atoms with van der Waals surface area (Å²) in [6.45, 7) is 1.88. The molecule has 0 unspecified atom stereocenters. The van der Waals surface area contributed by atoms with Gasteiger partial charge in [0.1, 0.15) is 0 Å². The standard InChI is InChI=1S/C10H12FN3/c11-10-9(2-1-3-12-10)14-6-7-4-8(14)5-13-7/h1-3,7-8,13H,4-6H2/t7-,8-/m0/s1. The second-order valence-electron chi connectivity index (χ2n) is 3.96. The molecule has 3 heterocycles. The number of halogens is 1. The van der Waals surface area contributed by atoms with Crippen molar-refractivity contribution in [1.82, 2.24) is 10.3 Å². The maximum atomic E-state index is 13.4. The van der Waals surface area contributed by atoms with E-state index in [1.807, 2.05) is 6.07 Å². The number of hydrogen-bond acceptors (Lipinski definition) is 3. The average Bonchev–Trinajstić information content (AvgIpc) is 2.79. The van der Waals surface area contributed by atoms with Crippen LogP contribution >= 0.6 is 0 Å². The van der Waals surface area contributed by atoms with Gasteiger partial charge in [0.15, 0.2) is 0 Å². The molecular formula is C10H12FN3. The van der Waals surface area contributed by atoms with Gasteiger partial charge in [-0.15, -0.1) is 0 Å². The molecule has 4 heteroatoms. The fourth-order valence-electron chi connectivity index (χ4n) is 2.45. The Bertz CT molecular complexity index is 355. The van der Waals surface area contributed by atoms with Crippen molar-refractivity contribution in [3.63, 3.8) is 0 Å². The zero-order chi connectivity index (χ0) is 9.54. The van der Waals surface area contributed by atoms with Crippen molar-refractivity contribution in [2.75, 3.05) is 18.0 Å². The number of aromatic nitrogens is 1. The van der Waals surface area contributed by atoms with Gasteiger partial charge in [0.25, 0.3) is 0 Å². The Hall–Kier alpha value is -1.16. The van der Waals surface area contributed by atoms with E-state index in [1.54, 1.807) is 6.07 Å². The molecule has 2 atom stereocenters. The molecule has 2 saturated heterocycles. The van der Waals surface area contributed by atoms with Crippen LogP contribution in [0.5, 0.6) is 0 Å². The molecule has 0 saturated carbocycles. The van der Waals surface area contributed by atoms with Crippen LogP contribution in [-0.2, 0) is 0 Å². The number of hydrogen-bond donors (Lipinski definition) is 1. The molecule has 14 heavy (non-hydrogen) atoms. The Morgan fingerprint density at radius 3 is 3.14 bits per heavy atom. The van der Waals surface area contributed by atoms with Crippen molar-refractivity contribution in [3.05, 3.63) is 24.3 Å². The number of pyridine rings is 1. The minimum Gasteiger partial charge on any atom is -0.362 e. The molecule has 2 bridgehead atoms. The predicted molar refractivity (Wildman–Crippen MR) is 51.7 cm³/mol. The lowest BCUT2D eigenvalue weighted by atomic mass is 10.2. The fraction of sp³-hybridized carbons (Fsp3) is 0.500. The first kappa shape index (κ1) is 8.17. The zero-order valence-corrected chi connectivity index (χ0v) is 7.78. The van der Waals surface area contributed by atoms with Crippen LogP contribution in [0, 0.1) is 5.95 Å². The van der Waals surface area contributed by atoms with Crippen LogP contribution in [0.1, 0.15) is 6.42 Å². The maximum Gasteiger partial charge on any atom is 0.236 e. The summed E-state index contributed by atoms with van der Waals surface area (Å²) >= 11 is 0. The Morgan fingerprint density at radius 1 is 1.57 bits per heavy atom. The first-order chi connectivity index (χ1) is 6.84. The minimum absolute atomic E-state index is 0.347. The molecule has 2 aliphatic rings. The van der Waals surface area contributed by atoms with Gasteiger partial charge in [-0.2, -0.15) is 4.39 Å². The zero-order valence-electron chi connectivity index (χ0n) is 7.78. The average molecular weight is 193 g/mol. The molecular weight excluding hydrogens is 181 g/mol. The number of nitrogens with zero attached hydrogens (tertiary/aromatic N) is 2. The molecule has 1 N–H and O–H groups in total. The molecule has 2 fully saturated rings. The van der Waals surface area contributed by atoms with Crippen molar-refractivity contribution in [3.8, 4) is 0 Å². The Kier molecular flexibility index (Phi) is 1.70. The lowest BCUT2D eigenvalue weighted by molar-refractivity contribution is 0.545. The van der Waals surface area contributed by atoms with Gasteiger partial charge in [-0.25, -0.2) is 4.98 Å². The Labute approximate surface area is 81.9 Å². The van der Waals surface area contributed by atoms with E-state index < -0.39 is 0 Å². The highest BCUT2D eigenvalue weighted by Crippen LogP contribution is 2.29. The van der Waals surface area contributed by atoms with Gasteiger partial charge < -0.3 is 10.2 Å². The van der Waals surface area contributed by atoms with Gasteiger partial charge in [-0.1, -0.05) is 0 Å². The van der Waals surface area contributed by atoms with E-state index in [-0.39, 0.29) is 5.95 Å². The molecule has 1 aromatic rings. The molecule has 0 radical (unpaired) electrons. The minimum atomic E-state index is -0.347. The molecule has 0 aromatic carbocycles. The highest BCUT2D eigenvalue weighted by molar-refractivity contribution is 5.49. The maximum absolute atomic E-state index is 13.4. The number of rotatable bonds is 1. The molecule has 1 aromatic heterocycles. The number of fused-ring (bicyclic) bond motifs is 2. The van der Waals surface area contributed by atoms with E-state index in [9.17, 15) is 4.39 Å². The van der Waals surface area contributed by atoms with Crippen LogP contribution in [0.25, 0.3) is 0 Å². The van der Waals surface area contributed by atoms with Crippen LogP contribution in [0.15, 0.2) is 18.3 Å². The molecule has 3 nitrogen and oxygen atoms in total. The number of anilines is 1. The number of piperazine rings is 1. The van der Waals surface area contributed by atoms with E-state index in [0.29, 0.717) is 17.8 Å². The quantitative estimate of drug-likeness (QED) is 0.668. The van der Waals surface area contributed by atoms with Gasteiger partial charge in [-0.05, 0) is 18.6 Å². The van der Waals surface area contributed by atoms with E-state index in [4.69, 9.17) is 0 Å². The van der Waals surface area contributed by atoms with Gasteiger partial charge in [0.05, 0.1) is 5.69 Å². The summed E-state index contributed by atoms with van der Waals surface area (Å²) < 4.78 is 13.4. The largest absolute Gasteiger partial charge is 0.362 e. The summed E-state index contributed by atoms with van der Waals surface area (Å²) in [5, 5.41) is 3.39. The van der Waals surface area contributed by atoms with E-state index in [0.717, 1.165) is 19.5 Å². The fourth-order valence-corrected chi connectivity index (χ4v) is 2.45. The molecule has 0 amide bonds. The second kappa shape index (κ2) is 2.92. The smallest absolute Gasteiger partial charge is 0.236 e. The molecule has 3 rings (SSSR count). The first-order valence-corrected chi connectivity index (χ1v) is 4.95. The normalized spacial score (nSPS) is 29.9. The summed E-state index contributed by atoms with van der Waals surface area (Å²) in [4.78, 5) is 5.81. The number of nitrogens with one attached hydrogen (secondary N) is 1. The van der Waals surface area contributed by atoms with Crippen molar-refractivity contribution in [2.24, 2.45) is 0 Å². The summed E-state index contributed by atoms with van der Waals surface area (Å²) in [6, 6.07) is 4.60. The van der Waals surface area contributed by atoms with Crippen LogP contribution in [0.2, 0.25) is 0 Å². The molecule has 0 aliphatic carbocycles. The van der Waals surface area contributed by atoms with Crippen LogP contribution in [-0.4, -0.2) is 30.2 Å². The van der Waals surface area contributed by atoms with Crippen molar-refractivity contribution in [1.29, 1.82) is 0 Å². The second-order valence-corrected chi connectivity index (χ2v) is 3.96. The third kappa shape index (κ3) is 1.10. The van der Waals surface area contributed by atoms with Crippen LogP contribution in [0.4, 0.5) is 10.1 Å². The summed E-state index contributed by atoms with van der Waals surface area (Å²) in [7, 11) is 0. The first-order valence-electron chi connectivity index (χ1n) is 4.95. The van der Waals surface area contributed by atoms with Crippen molar-refractivity contribution >= 4 is 5.69 Å². The highest BCUT2D eigenvalue weighted by Gasteiger charge is 2.38. The third-order valence-electron chi connectivity index (χ3n) is 3.11. The van der Waals surface area contributed by atoms with E-state index in [1.165, 1.54) is 6.20 Å². The monoisotopic (exact) mass is 193 g/mol. The summed E-state index contributed by atoms with van der Waals surface area (Å²) in [5.41, 5.74) is 0.654. The molecule has 0 spiro atoms. The van der Waals surface area contributed by atoms with Gasteiger partial charge >= 0.3 is 0 Å². The third-order valence-corrected chi connectivity index (χ3v) is 3.11. The molecule has 2 aliphatic heterocycles. The van der Waals surface area contributed by atoms with Gasteiger partial charge in [0.2, 0.25) is 5.95 Å². The summed E-state index contributed by atoms with van der Waals surface area (Å²) in [5.74, 6) is -0.347. The van der Waals surface area contributed by atoms with E-state index in [2.05, 4.69) is 15.2 Å². The lowest BCUT2D eigenvalue weighted by Crippen LogP contribution is -2.44. The van der Waals surface area contributed by atoms with Crippen LogP contribution < -0.4 is 10.2 Å². The predicted octanol–water partition coefficient (Wildman–Crippen LogP) is 0.771.